The van der Waals surface area contributed by atoms with E-state index >= 15 is 0 Å². The number of ether oxygens (including phenoxy) is 2. The number of hydrogen-bond donors (Lipinski definition) is 2. The Hall–Kier alpha value is -1.80. The van der Waals surface area contributed by atoms with E-state index in [1.54, 1.807) is 12.1 Å². The van der Waals surface area contributed by atoms with Crippen molar-refractivity contribution in [3.05, 3.63) is 29.8 Å². The predicted octanol–water partition coefficient (Wildman–Crippen LogP) is 1.74. The summed E-state index contributed by atoms with van der Waals surface area (Å²) in [6.07, 6.45) is -4.69. The van der Waals surface area contributed by atoms with Crippen molar-refractivity contribution in [2.24, 2.45) is 5.73 Å². The van der Waals surface area contributed by atoms with Crippen LogP contribution in [0, 0.1) is 0 Å². The Kier molecular flexibility index (Phi) is 6.44. The largest absolute Gasteiger partial charge is 0.573 e. The summed E-state index contributed by atoms with van der Waals surface area (Å²) < 4.78 is 44.8. The number of carbonyl (C=O) groups is 1. The molecule has 0 spiro atoms. The molecule has 1 unspecified atom stereocenters. The van der Waals surface area contributed by atoms with Crippen LogP contribution in [0.25, 0.3) is 0 Å². The van der Waals surface area contributed by atoms with Gasteiger partial charge in [-0.2, -0.15) is 0 Å². The van der Waals surface area contributed by atoms with Crippen molar-refractivity contribution in [3.63, 3.8) is 0 Å². The highest BCUT2D eigenvalue weighted by molar-refractivity contribution is 5.74. The molecule has 1 aromatic carbocycles. The van der Waals surface area contributed by atoms with E-state index in [9.17, 15) is 18.0 Å². The third-order valence-electron chi connectivity index (χ3n) is 2.55. The molecule has 8 heteroatoms. The minimum absolute atomic E-state index is 0.0814. The van der Waals surface area contributed by atoms with Crippen LogP contribution in [-0.4, -0.2) is 32.0 Å². The number of nitrogens with one attached hydrogen (secondary N) is 1. The van der Waals surface area contributed by atoms with Gasteiger partial charge in [-0.25, -0.2) is 0 Å². The van der Waals surface area contributed by atoms with Crippen LogP contribution in [0.2, 0.25) is 0 Å². The second-order valence-electron chi connectivity index (χ2n) is 4.31. The minimum Gasteiger partial charge on any atom is -0.406 e. The molecule has 1 amide bonds. The van der Waals surface area contributed by atoms with Crippen LogP contribution in [0.15, 0.2) is 24.3 Å². The molecule has 0 heterocycles. The number of amides is 1. The number of rotatable bonds is 8. The Morgan fingerprint density at radius 1 is 1.33 bits per heavy atom. The molecule has 1 aromatic rings. The summed E-state index contributed by atoms with van der Waals surface area (Å²) in [5, 5.41) is 3.10. The van der Waals surface area contributed by atoms with Crippen LogP contribution in [0.3, 0.4) is 0 Å². The van der Waals surface area contributed by atoms with Crippen molar-refractivity contribution in [2.75, 3.05) is 19.8 Å². The predicted molar refractivity (Wildman–Crippen MR) is 69.6 cm³/mol. The van der Waals surface area contributed by atoms with E-state index in [1.165, 1.54) is 12.1 Å². The lowest BCUT2D eigenvalue weighted by atomic mass is 10.1. The third kappa shape index (κ3) is 7.52. The van der Waals surface area contributed by atoms with Crippen LogP contribution in [0.4, 0.5) is 13.2 Å². The SMILES string of the molecule is CC(NCCOCC(N)=O)c1ccc(OC(F)(F)F)cc1. The van der Waals surface area contributed by atoms with Gasteiger partial charge in [-0.15, -0.1) is 13.2 Å². The zero-order chi connectivity index (χ0) is 15.9. The molecule has 0 aliphatic rings. The first-order valence-electron chi connectivity index (χ1n) is 6.23. The summed E-state index contributed by atoms with van der Waals surface area (Å²) in [7, 11) is 0. The maximum Gasteiger partial charge on any atom is 0.573 e. The molecule has 3 N–H and O–H groups in total. The number of nitrogens with two attached hydrogens (primary N) is 1. The van der Waals surface area contributed by atoms with Gasteiger partial charge in [-0.05, 0) is 24.6 Å². The zero-order valence-corrected chi connectivity index (χ0v) is 11.4. The van der Waals surface area contributed by atoms with E-state index < -0.39 is 12.3 Å². The van der Waals surface area contributed by atoms with Crippen LogP contribution in [0.1, 0.15) is 18.5 Å². The zero-order valence-electron chi connectivity index (χ0n) is 11.4. The maximum absolute atomic E-state index is 12.0. The lowest BCUT2D eigenvalue weighted by Gasteiger charge is -2.15. The fourth-order valence-electron chi connectivity index (χ4n) is 1.60. The summed E-state index contributed by atoms with van der Waals surface area (Å²) in [5.74, 6) is -0.799. The molecule has 0 saturated carbocycles. The van der Waals surface area contributed by atoms with Gasteiger partial charge in [-0.1, -0.05) is 12.1 Å². The highest BCUT2D eigenvalue weighted by Crippen LogP contribution is 2.24. The fraction of sp³-hybridized carbons (Fsp3) is 0.462. The lowest BCUT2D eigenvalue weighted by Crippen LogP contribution is -2.26. The summed E-state index contributed by atoms with van der Waals surface area (Å²) in [4.78, 5) is 10.4. The van der Waals surface area contributed by atoms with Crippen molar-refractivity contribution in [2.45, 2.75) is 19.3 Å². The van der Waals surface area contributed by atoms with Gasteiger partial charge >= 0.3 is 6.36 Å². The number of benzene rings is 1. The van der Waals surface area contributed by atoms with Gasteiger partial charge in [0.1, 0.15) is 12.4 Å². The molecule has 1 atom stereocenters. The van der Waals surface area contributed by atoms with Gasteiger partial charge in [0, 0.05) is 12.6 Å². The molecule has 0 aromatic heterocycles. The molecular formula is C13H17F3N2O3. The first-order chi connectivity index (χ1) is 9.78. The third-order valence-corrected chi connectivity index (χ3v) is 2.55. The molecule has 0 aliphatic heterocycles. The molecule has 0 saturated heterocycles. The van der Waals surface area contributed by atoms with Gasteiger partial charge in [-0.3, -0.25) is 4.79 Å². The number of hydrogen-bond acceptors (Lipinski definition) is 4. The Morgan fingerprint density at radius 3 is 2.48 bits per heavy atom. The molecule has 0 fully saturated rings. The maximum atomic E-state index is 12.0. The van der Waals surface area contributed by atoms with Gasteiger partial charge in [0.15, 0.2) is 0 Å². The monoisotopic (exact) mass is 306 g/mol. The Bertz CT molecular complexity index is 449. The molecule has 118 valence electrons. The summed E-state index contributed by atoms with van der Waals surface area (Å²) in [6.45, 7) is 2.51. The summed E-state index contributed by atoms with van der Waals surface area (Å²) >= 11 is 0. The quantitative estimate of drug-likeness (QED) is 0.718. The van der Waals surface area contributed by atoms with E-state index in [0.29, 0.717) is 13.2 Å². The van der Waals surface area contributed by atoms with Gasteiger partial charge < -0.3 is 20.5 Å². The lowest BCUT2D eigenvalue weighted by molar-refractivity contribution is -0.274. The Balaban J connectivity index is 2.37. The molecule has 5 nitrogen and oxygen atoms in total. The molecule has 1 rings (SSSR count). The van der Waals surface area contributed by atoms with E-state index in [0.717, 1.165) is 5.56 Å². The van der Waals surface area contributed by atoms with E-state index in [4.69, 9.17) is 10.5 Å². The van der Waals surface area contributed by atoms with Crippen molar-refractivity contribution >= 4 is 5.91 Å². The fourth-order valence-corrected chi connectivity index (χ4v) is 1.60. The van der Waals surface area contributed by atoms with Crippen molar-refractivity contribution in [1.29, 1.82) is 0 Å². The first-order valence-corrected chi connectivity index (χ1v) is 6.23. The second kappa shape index (κ2) is 7.84. The van der Waals surface area contributed by atoms with Crippen LogP contribution in [0.5, 0.6) is 5.75 Å². The molecule has 21 heavy (non-hydrogen) atoms. The average molecular weight is 306 g/mol. The second-order valence-corrected chi connectivity index (χ2v) is 4.31. The Labute approximate surface area is 120 Å². The van der Waals surface area contributed by atoms with Crippen LogP contribution in [-0.2, 0) is 9.53 Å². The van der Waals surface area contributed by atoms with Crippen LogP contribution >= 0.6 is 0 Å². The van der Waals surface area contributed by atoms with Gasteiger partial charge in [0.05, 0.1) is 6.61 Å². The molecular weight excluding hydrogens is 289 g/mol. The molecule has 0 radical (unpaired) electrons. The summed E-state index contributed by atoms with van der Waals surface area (Å²) in [6, 6.07) is 5.52. The normalized spacial score (nSPS) is 13.0. The number of primary amides is 1. The number of carbonyl (C=O) groups excluding carboxylic acids is 1. The van der Waals surface area contributed by atoms with Crippen molar-refractivity contribution in [1.82, 2.24) is 5.32 Å². The highest BCUT2D eigenvalue weighted by Gasteiger charge is 2.30. The minimum atomic E-state index is -4.69. The summed E-state index contributed by atoms with van der Waals surface area (Å²) in [5.41, 5.74) is 5.71. The standard InChI is InChI=1S/C13H17F3N2O3/c1-9(18-6-7-20-8-12(17)19)10-2-4-11(5-3-10)21-13(14,15)16/h2-5,9,18H,6-8H2,1H3,(H2,17,19). The van der Waals surface area contributed by atoms with Crippen LogP contribution < -0.4 is 15.8 Å². The van der Waals surface area contributed by atoms with Crippen molar-refractivity contribution < 1.29 is 27.4 Å². The van der Waals surface area contributed by atoms with E-state index in [2.05, 4.69) is 10.1 Å². The van der Waals surface area contributed by atoms with Gasteiger partial charge in [0.2, 0.25) is 5.91 Å². The number of halogens is 3. The van der Waals surface area contributed by atoms with Crippen molar-refractivity contribution in [3.8, 4) is 5.75 Å². The van der Waals surface area contributed by atoms with Gasteiger partial charge in [0.25, 0.3) is 0 Å². The average Bonchev–Trinajstić information content (AvgIpc) is 2.36. The Morgan fingerprint density at radius 2 is 1.95 bits per heavy atom. The first kappa shape index (κ1) is 17.3. The van der Waals surface area contributed by atoms with E-state index in [-0.39, 0.29) is 18.4 Å². The number of alkyl halides is 3. The smallest absolute Gasteiger partial charge is 0.406 e. The topological polar surface area (TPSA) is 73.6 Å². The molecule has 0 aliphatic carbocycles. The van der Waals surface area contributed by atoms with E-state index in [1.807, 2.05) is 6.92 Å². The molecule has 0 bridgehead atoms. The highest BCUT2D eigenvalue weighted by atomic mass is 19.4.